The molecule has 0 amide bonds. The zero-order valence-corrected chi connectivity index (χ0v) is 6.08. The van der Waals surface area contributed by atoms with Crippen LogP contribution in [0.2, 0.25) is 0 Å². The molecule has 0 bridgehead atoms. The summed E-state index contributed by atoms with van der Waals surface area (Å²) in [6.45, 7) is 0.576. The Labute approximate surface area is 64.1 Å². The molecule has 1 heterocycles. The third kappa shape index (κ3) is 1.40. The number of esters is 2. The number of nitrogens with zero attached hydrogens (tertiary/aromatic N) is 1. The van der Waals surface area contributed by atoms with Crippen LogP contribution in [0.4, 0.5) is 0 Å². The smallest absolute Gasteiger partial charge is 0.327 e. The lowest BCUT2D eigenvalue weighted by molar-refractivity contribution is -0.167. The molecule has 0 radical (unpaired) electrons. The topological polar surface area (TPSA) is 46.6 Å². The Kier molecular flexibility index (Phi) is 1.42. The van der Waals surface area contributed by atoms with Crippen molar-refractivity contribution in [3.05, 3.63) is 0 Å². The molecule has 4 heteroatoms. The second-order valence-corrected chi connectivity index (χ2v) is 2.98. The molecule has 2 rings (SSSR count). The quantitative estimate of drug-likeness (QED) is 0.379. The minimum absolute atomic E-state index is 0.288. The number of carbonyl (C=O) groups excluding carboxylic acids is 2. The van der Waals surface area contributed by atoms with Gasteiger partial charge in [-0.15, -0.1) is 0 Å². The van der Waals surface area contributed by atoms with Crippen LogP contribution in [0, 0.1) is 0 Å². The van der Waals surface area contributed by atoms with Crippen LogP contribution < -0.4 is 0 Å². The van der Waals surface area contributed by atoms with E-state index in [9.17, 15) is 9.59 Å². The first-order valence-electron chi connectivity index (χ1n) is 3.73. The summed E-state index contributed by atoms with van der Waals surface area (Å²) in [4.78, 5) is 23.3. The van der Waals surface area contributed by atoms with E-state index in [0.29, 0.717) is 6.04 Å². The summed E-state index contributed by atoms with van der Waals surface area (Å²) in [6, 6.07) is 0.465. The fraction of sp³-hybridized carbons (Fsp3) is 0.714. The average Bonchev–Trinajstić information content (AvgIpc) is 2.64. The Balaban J connectivity index is 1.99. The minimum atomic E-state index is -0.409. The highest BCUT2D eigenvalue weighted by molar-refractivity contribution is 5.90. The van der Waals surface area contributed by atoms with Gasteiger partial charge in [0.15, 0.2) is 0 Å². The van der Waals surface area contributed by atoms with Crippen LogP contribution in [0.15, 0.2) is 0 Å². The monoisotopic (exact) mass is 155 g/mol. The number of carbonyl (C=O) groups is 2. The van der Waals surface area contributed by atoms with Crippen LogP contribution in [0.25, 0.3) is 0 Å². The Bertz CT molecular complexity index is 194. The van der Waals surface area contributed by atoms with E-state index in [0.717, 1.165) is 12.8 Å². The van der Waals surface area contributed by atoms with Crippen LogP contribution in [-0.4, -0.2) is 36.0 Å². The predicted octanol–water partition coefficient (Wildman–Crippen LogP) is -0.466. The van der Waals surface area contributed by atoms with Crippen LogP contribution in [-0.2, 0) is 14.3 Å². The van der Waals surface area contributed by atoms with Gasteiger partial charge >= 0.3 is 11.9 Å². The summed E-state index contributed by atoms with van der Waals surface area (Å²) < 4.78 is 4.37. The summed E-state index contributed by atoms with van der Waals surface area (Å²) in [7, 11) is 0. The molecule has 4 nitrogen and oxygen atoms in total. The van der Waals surface area contributed by atoms with E-state index in [1.807, 2.05) is 4.90 Å². The van der Waals surface area contributed by atoms with Gasteiger partial charge < -0.3 is 4.74 Å². The largest absolute Gasteiger partial charge is 0.391 e. The van der Waals surface area contributed by atoms with E-state index in [2.05, 4.69) is 4.74 Å². The fourth-order valence-electron chi connectivity index (χ4n) is 1.28. The molecule has 0 spiro atoms. The molecule has 0 unspecified atom stereocenters. The van der Waals surface area contributed by atoms with Gasteiger partial charge in [-0.1, -0.05) is 0 Å². The third-order valence-electron chi connectivity index (χ3n) is 1.96. The van der Waals surface area contributed by atoms with Gasteiger partial charge in [-0.25, -0.2) is 0 Å². The molecule has 2 fully saturated rings. The lowest BCUT2D eigenvalue weighted by atomic mass is 10.4. The van der Waals surface area contributed by atoms with Crippen molar-refractivity contribution in [3.8, 4) is 0 Å². The van der Waals surface area contributed by atoms with Crippen molar-refractivity contribution in [1.29, 1.82) is 0 Å². The first-order valence-corrected chi connectivity index (χ1v) is 3.73. The maximum atomic E-state index is 10.7. The number of morpholine rings is 1. The van der Waals surface area contributed by atoms with Crippen LogP contribution in [0.1, 0.15) is 12.8 Å². The first kappa shape index (κ1) is 6.79. The van der Waals surface area contributed by atoms with Gasteiger partial charge in [-0.05, 0) is 12.8 Å². The van der Waals surface area contributed by atoms with E-state index in [1.54, 1.807) is 0 Å². The molecule has 60 valence electrons. The Morgan fingerprint density at radius 3 is 2.18 bits per heavy atom. The maximum Gasteiger partial charge on any atom is 0.327 e. The van der Waals surface area contributed by atoms with Crippen LogP contribution in [0.3, 0.4) is 0 Å². The molecule has 1 aliphatic heterocycles. The SMILES string of the molecule is O=C1CN(C2CC2)CC(=O)O1. The molecule has 1 saturated carbocycles. The van der Waals surface area contributed by atoms with Gasteiger partial charge in [-0.2, -0.15) is 0 Å². The molecule has 2 aliphatic rings. The van der Waals surface area contributed by atoms with Crippen molar-refractivity contribution in [3.63, 3.8) is 0 Å². The normalized spacial score (nSPS) is 26.9. The summed E-state index contributed by atoms with van der Waals surface area (Å²) in [5.41, 5.74) is 0. The second kappa shape index (κ2) is 2.30. The molecule has 0 N–H and O–H groups in total. The molecule has 1 aliphatic carbocycles. The number of ether oxygens (including phenoxy) is 1. The van der Waals surface area contributed by atoms with Crippen molar-refractivity contribution in [2.45, 2.75) is 18.9 Å². The van der Waals surface area contributed by atoms with E-state index >= 15 is 0 Å². The summed E-state index contributed by atoms with van der Waals surface area (Å²) >= 11 is 0. The highest BCUT2D eigenvalue weighted by Crippen LogP contribution is 2.27. The zero-order valence-electron chi connectivity index (χ0n) is 6.08. The molecular weight excluding hydrogens is 146 g/mol. The van der Waals surface area contributed by atoms with Gasteiger partial charge in [-0.3, -0.25) is 14.5 Å². The predicted molar refractivity (Wildman–Crippen MR) is 35.7 cm³/mol. The molecule has 0 aromatic heterocycles. The van der Waals surface area contributed by atoms with Crippen molar-refractivity contribution in [2.75, 3.05) is 13.1 Å². The third-order valence-corrected chi connectivity index (χ3v) is 1.96. The van der Waals surface area contributed by atoms with Crippen molar-refractivity contribution < 1.29 is 14.3 Å². The van der Waals surface area contributed by atoms with E-state index in [-0.39, 0.29) is 13.1 Å². The van der Waals surface area contributed by atoms with Crippen molar-refractivity contribution in [1.82, 2.24) is 4.90 Å². The molecular formula is C7H9NO3. The molecule has 11 heavy (non-hydrogen) atoms. The Hall–Kier alpha value is -0.900. The average molecular weight is 155 g/mol. The molecule has 0 atom stereocenters. The van der Waals surface area contributed by atoms with Crippen LogP contribution >= 0.6 is 0 Å². The minimum Gasteiger partial charge on any atom is -0.391 e. The number of cyclic esters (lactones) is 2. The maximum absolute atomic E-state index is 10.7. The summed E-state index contributed by atoms with van der Waals surface area (Å²) in [5.74, 6) is -0.818. The summed E-state index contributed by atoms with van der Waals surface area (Å²) in [6.07, 6.45) is 2.22. The Morgan fingerprint density at radius 2 is 1.73 bits per heavy atom. The number of hydrogen-bond acceptors (Lipinski definition) is 4. The first-order chi connectivity index (χ1) is 5.25. The molecule has 0 aromatic rings. The number of rotatable bonds is 1. The summed E-state index contributed by atoms with van der Waals surface area (Å²) in [5, 5.41) is 0. The lowest BCUT2D eigenvalue weighted by Crippen LogP contribution is -2.43. The van der Waals surface area contributed by atoms with Crippen LogP contribution in [0.5, 0.6) is 0 Å². The highest BCUT2D eigenvalue weighted by atomic mass is 16.6. The van der Waals surface area contributed by atoms with Crippen molar-refractivity contribution >= 4 is 11.9 Å². The van der Waals surface area contributed by atoms with E-state index < -0.39 is 11.9 Å². The number of hydrogen-bond donors (Lipinski definition) is 0. The van der Waals surface area contributed by atoms with Gasteiger partial charge in [0.25, 0.3) is 0 Å². The second-order valence-electron chi connectivity index (χ2n) is 2.98. The van der Waals surface area contributed by atoms with E-state index in [4.69, 9.17) is 0 Å². The fourth-order valence-corrected chi connectivity index (χ4v) is 1.28. The van der Waals surface area contributed by atoms with E-state index in [1.165, 1.54) is 0 Å². The zero-order chi connectivity index (χ0) is 7.84. The molecule has 1 saturated heterocycles. The molecule has 0 aromatic carbocycles. The van der Waals surface area contributed by atoms with Crippen molar-refractivity contribution in [2.24, 2.45) is 0 Å². The Morgan fingerprint density at radius 1 is 1.18 bits per heavy atom. The van der Waals surface area contributed by atoms with Gasteiger partial charge in [0.1, 0.15) is 0 Å². The standard InChI is InChI=1S/C7H9NO3/c9-6-3-8(5-1-2-5)4-7(10)11-6/h5H,1-4H2. The van der Waals surface area contributed by atoms with Gasteiger partial charge in [0, 0.05) is 6.04 Å². The van der Waals surface area contributed by atoms with Gasteiger partial charge in [0.2, 0.25) is 0 Å². The lowest BCUT2D eigenvalue weighted by Gasteiger charge is -2.23. The van der Waals surface area contributed by atoms with Gasteiger partial charge in [0.05, 0.1) is 13.1 Å². The highest BCUT2D eigenvalue weighted by Gasteiger charge is 2.35.